The first-order valence-electron chi connectivity index (χ1n) is 5.56. The van der Waals surface area contributed by atoms with Gasteiger partial charge in [0.25, 0.3) is 0 Å². The third kappa shape index (κ3) is 1.59. The summed E-state index contributed by atoms with van der Waals surface area (Å²) in [7, 11) is 0. The summed E-state index contributed by atoms with van der Waals surface area (Å²) in [6.07, 6.45) is 1.83. The summed E-state index contributed by atoms with van der Waals surface area (Å²) in [5.74, 6) is 0.251. The molecule has 0 spiro atoms. The molecule has 1 N–H and O–H groups in total. The first-order valence-corrected chi connectivity index (χ1v) is 5.56. The number of rotatable bonds is 3. The molecule has 1 fully saturated rings. The molecule has 1 aromatic carbocycles. The zero-order valence-electron chi connectivity index (χ0n) is 8.99. The van der Waals surface area contributed by atoms with Gasteiger partial charge in [-0.2, -0.15) is 5.10 Å². The summed E-state index contributed by atoms with van der Waals surface area (Å²) in [5, 5.41) is 8.20. The maximum absolute atomic E-state index is 12.3. The summed E-state index contributed by atoms with van der Waals surface area (Å²) in [4.78, 5) is 2.26. The Morgan fingerprint density at radius 2 is 2.31 bits per heavy atom. The minimum Gasteiger partial charge on any atom is -0.298 e. The number of nitrogens with one attached hydrogen (secondary N) is 1. The predicted molar refractivity (Wildman–Crippen MR) is 60.8 cm³/mol. The van der Waals surface area contributed by atoms with E-state index in [4.69, 9.17) is 0 Å². The zero-order chi connectivity index (χ0) is 11.0. The molecule has 4 heteroatoms. The van der Waals surface area contributed by atoms with Gasteiger partial charge in [-0.15, -0.1) is 0 Å². The van der Waals surface area contributed by atoms with Crippen LogP contribution in [0.2, 0.25) is 0 Å². The number of likely N-dealkylation sites (tertiary alicyclic amines) is 1. The predicted octanol–water partition coefficient (Wildman–Crippen LogP) is 1.96. The number of nitrogens with zero attached hydrogens (tertiary/aromatic N) is 2. The molecule has 0 unspecified atom stereocenters. The quantitative estimate of drug-likeness (QED) is 0.855. The molecular weight excluding hydrogens is 205 g/mol. The van der Waals surface area contributed by atoms with Crippen LogP contribution in [0.25, 0.3) is 10.9 Å². The van der Waals surface area contributed by atoms with Crippen molar-refractivity contribution in [3.05, 3.63) is 30.0 Å². The maximum atomic E-state index is 12.3. The lowest BCUT2D eigenvalue weighted by molar-refractivity contribution is 0.0741. The van der Waals surface area contributed by atoms with Gasteiger partial charge in [-0.25, -0.2) is 0 Å². The molecule has 16 heavy (non-hydrogen) atoms. The lowest BCUT2D eigenvalue weighted by Crippen LogP contribution is -2.46. The molecule has 3 rings (SSSR count). The summed E-state index contributed by atoms with van der Waals surface area (Å²) in [6, 6.07) is 6.19. The Morgan fingerprint density at radius 3 is 3.12 bits per heavy atom. The van der Waals surface area contributed by atoms with Crippen LogP contribution in [-0.2, 0) is 6.54 Å². The Labute approximate surface area is 93.3 Å². The van der Waals surface area contributed by atoms with Crippen molar-refractivity contribution in [2.45, 2.75) is 6.54 Å². The Kier molecular flexibility index (Phi) is 2.36. The number of benzene rings is 1. The van der Waals surface area contributed by atoms with E-state index >= 15 is 0 Å². The van der Waals surface area contributed by atoms with Crippen LogP contribution >= 0.6 is 0 Å². The van der Waals surface area contributed by atoms with Crippen LogP contribution in [0.1, 0.15) is 5.56 Å². The fourth-order valence-corrected chi connectivity index (χ4v) is 2.31. The van der Waals surface area contributed by atoms with Crippen LogP contribution in [0.15, 0.2) is 24.4 Å². The van der Waals surface area contributed by atoms with Crippen LogP contribution in [0.3, 0.4) is 0 Å². The van der Waals surface area contributed by atoms with Crippen LogP contribution in [0.5, 0.6) is 0 Å². The highest BCUT2D eigenvalue weighted by molar-refractivity contribution is 5.81. The van der Waals surface area contributed by atoms with Gasteiger partial charge in [-0.1, -0.05) is 18.2 Å². The summed E-state index contributed by atoms with van der Waals surface area (Å²) in [6.45, 7) is 2.45. The average molecular weight is 219 g/mol. The van der Waals surface area contributed by atoms with E-state index < -0.39 is 0 Å². The number of hydrogen-bond donors (Lipinski definition) is 1. The summed E-state index contributed by atoms with van der Waals surface area (Å²) < 4.78 is 12.3. The highest BCUT2D eigenvalue weighted by atomic mass is 19.1. The number of halogens is 1. The maximum Gasteiger partial charge on any atom is 0.0947 e. The highest BCUT2D eigenvalue weighted by Crippen LogP contribution is 2.22. The normalized spacial score (nSPS) is 17.8. The second kappa shape index (κ2) is 3.87. The molecule has 0 radical (unpaired) electrons. The molecule has 84 valence electrons. The molecule has 0 saturated carbocycles. The van der Waals surface area contributed by atoms with Gasteiger partial charge in [0.2, 0.25) is 0 Å². The smallest absolute Gasteiger partial charge is 0.0947 e. The molecule has 0 aliphatic carbocycles. The van der Waals surface area contributed by atoms with Gasteiger partial charge in [0.15, 0.2) is 0 Å². The molecule has 1 aliphatic rings. The Morgan fingerprint density at radius 1 is 1.44 bits per heavy atom. The number of alkyl halides is 1. The fourth-order valence-electron chi connectivity index (χ4n) is 2.31. The van der Waals surface area contributed by atoms with Crippen molar-refractivity contribution in [1.29, 1.82) is 0 Å². The van der Waals surface area contributed by atoms with E-state index in [0.29, 0.717) is 0 Å². The lowest BCUT2D eigenvalue weighted by Gasteiger charge is -2.37. The summed E-state index contributed by atoms with van der Waals surface area (Å²) in [5.41, 5.74) is 2.35. The largest absolute Gasteiger partial charge is 0.298 e. The number of H-pyrrole nitrogens is 1. The molecule has 3 nitrogen and oxygen atoms in total. The van der Waals surface area contributed by atoms with Crippen LogP contribution in [0.4, 0.5) is 4.39 Å². The van der Waals surface area contributed by atoms with Gasteiger partial charge >= 0.3 is 0 Å². The standard InChI is InChI=1S/C12H14FN3/c13-4-9-6-16(7-9)8-11-3-1-2-10-5-14-15-12(10)11/h1-3,5,9H,4,6-8H2,(H,14,15). The molecule has 1 aliphatic heterocycles. The number of aromatic amines is 1. The third-order valence-electron chi connectivity index (χ3n) is 3.21. The van der Waals surface area contributed by atoms with Gasteiger partial charge < -0.3 is 0 Å². The first-order chi connectivity index (χ1) is 7.86. The van der Waals surface area contributed by atoms with Gasteiger partial charge in [0.1, 0.15) is 0 Å². The van der Waals surface area contributed by atoms with Gasteiger partial charge in [-0.3, -0.25) is 14.4 Å². The molecule has 0 bridgehead atoms. The minimum atomic E-state index is -0.190. The van der Waals surface area contributed by atoms with Gasteiger partial charge in [-0.05, 0) is 5.56 Å². The second-order valence-corrected chi connectivity index (χ2v) is 4.47. The molecule has 1 aromatic heterocycles. The molecular formula is C12H14FN3. The summed E-state index contributed by atoms with van der Waals surface area (Å²) >= 11 is 0. The SMILES string of the molecule is FCC1CN(Cc2cccc3cn[nH]c23)C1. The molecule has 0 amide bonds. The Hall–Kier alpha value is -1.42. The van der Waals surface area contributed by atoms with Crippen molar-refractivity contribution in [2.75, 3.05) is 19.8 Å². The van der Waals surface area contributed by atoms with Crippen molar-refractivity contribution < 1.29 is 4.39 Å². The van der Waals surface area contributed by atoms with E-state index in [2.05, 4.69) is 21.2 Å². The van der Waals surface area contributed by atoms with Gasteiger partial charge in [0.05, 0.1) is 18.4 Å². The van der Waals surface area contributed by atoms with E-state index in [0.717, 1.165) is 30.5 Å². The monoisotopic (exact) mass is 219 g/mol. The van der Waals surface area contributed by atoms with E-state index in [1.807, 2.05) is 18.3 Å². The number of aromatic nitrogens is 2. The van der Waals surface area contributed by atoms with E-state index in [1.54, 1.807) is 0 Å². The second-order valence-electron chi connectivity index (χ2n) is 4.47. The van der Waals surface area contributed by atoms with E-state index in [-0.39, 0.29) is 12.6 Å². The van der Waals surface area contributed by atoms with Gasteiger partial charge in [0, 0.05) is 30.9 Å². The van der Waals surface area contributed by atoms with Crippen molar-refractivity contribution in [3.63, 3.8) is 0 Å². The molecule has 2 heterocycles. The van der Waals surface area contributed by atoms with Crippen molar-refractivity contribution in [3.8, 4) is 0 Å². The Balaban J connectivity index is 1.77. The van der Waals surface area contributed by atoms with Crippen molar-refractivity contribution >= 4 is 10.9 Å². The Bertz CT molecular complexity index is 488. The van der Waals surface area contributed by atoms with Crippen molar-refractivity contribution in [1.82, 2.24) is 15.1 Å². The van der Waals surface area contributed by atoms with E-state index in [1.165, 1.54) is 5.56 Å². The number of para-hydroxylation sites is 1. The number of fused-ring (bicyclic) bond motifs is 1. The van der Waals surface area contributed by atoms with Crippen LogP contribution in [0, 0.1) is 5.92 Å². The van der Waals surface area contributed by atoms with Crippen LogP contribution < -0.4 is 0 Å². The average Bonchev–Trinajstić information content (AvgIpc) is 2.71. The topological polar surface area (TPSA) is 31.9 Å². The lowest BCUT2D eigenvalue weighted by atomic mass is 10.0. The number of hydrogen-bond acceptors (Lipinski definition) is 2. The van der Waals surface area contributed by atoms with E-state index in [9.17, 15) is 4.39 Å². The van der Waals surface area contributed by atoms with Crippen LogP contribution in [-0.4, -0.2) is 34.9 Å². The molecule has 1 saturated heterocycles. The third-order valence-corrected chi connectivity index (χ3v) is 3.21. The fraction of sp³-hybridized carbons (Fsp3) is 0.417. The minimum absolute atomic E-state index is 0.190. The molecule has 0 atom stereocenters. The molecule has 2 aromatic rings. The zero-order valence-corrected chi connectivity index (χ0v) is 8.99. The van der Waals surface area contributed by atoms with Crippen molar-refractivity contribution in [2.24, 2.45) is 5.92 Å². The first kappa shape index (κ1) is 9.78. The highest BCUT2D eigenvalue weighted by Gasteiger charge is 2.26.